The summed E-state index contributed by atoms with van der Waals surface area (Å²) in [4.78, 5) is 29.0. The van der Waals surface area contributed by atoms with Crippen LogP contribution in [0.5, 0.6) is 0 Å². The summed E-state index contributed by atoms with van der Waals surface area (Å²) in [6.45, 7) is 7.88. The highest BCUT2D eigenvalue weighted by atomic mass is 32.1. The summed E-state index contributed by atoms with van der Waals surface area (Å²) >= 11 is 1.61. The van der Waals surface area contributed by atoms with Gasteiger partial charge in [-0.1, -0.05) is 12.1 Å². The van der Waals surface area contributed by atoms with Crippen molar-refractivity contribution in [3.8, 4) is 11.3 Å². The Morgan fingerprint density at radius 2 is 1.89 bits per heavy atom. The van der Waals surface area contributed by atoms with Crippen LogP contribution in [-0.4, -0.2) is 28.0 Å². The second-order valence-corrected chi connectivity index (χ2v) is 7.53. The molecule has 0 saturated carbocycles. The van der Waals surface area contributed by atoms with Crippen molar-refractivity contribution in [2.75, 3.05) is 11.9 Å². The molecular weight excluding hydrogens is 374 g/mol. The van der Waals surface area contributed by atoms with Gasteiger partial charge in [0.1, 0.15) is 6.54 Å². The van der Waals surface area contributed by atoms with Crippen LogP contribution >= 0.6 is 11.3 Å². The third-order valence-corrected chi connectivity index (χ3v) is 5.23. The molecule has 0 aliphatic heterocycles. The van der Waals surface area contributed by atoms with Crippen molar-refractivity contribution in [2.45, 2.75) is 34.2 Å². The highest BCUT2D eigenvalue weighted by Gasteiger charge is 2.18. The lowest BCUT2D eigenvalue weighted by atomic mass is 10.1. The van der Waals surface area contributed by atoms with Gasteiger partial charge in [-0.2, -0.15) is 0 Å². The van der Waals surface area contributed by atoms with Gasteiger partial charge in [0.15, 0.2) is 0 Å². The molecule has 0 fully saturated rings. The molecule has 1 N–H and O–H groups in total. The maximum atomic E-state index is 12.5. The molecule has 2 heterocycles. The average Bonchev–Trinajstić information content (AvgIpc) is 3.21. The smallest absolute Gasteiger partial charge is 0.339 e. The zero-order valence-electron chi connectivity index (χ0n) is 16.4. The fourth-order valence-electron chi connectivity index (χ4n) is 3.02. The molecule has 0 radical (unpaired) electrons. The number of aryl methyl sites for hydroxylation is 2. The van der Waals surface area contributed by atoms with E-state index in [1.165, 1.54) is 0 Å². The van der Waals surface area contributed by atoms with E-state index in [9.17, 15) is 9.59 Å². The Morgan fingerprint density at radius 1 is 1.18 bits per heavy atom. The maximum Gasteiger partial charge on any atom is 0.339 e. The topological polar surface area (TPSA) is 73.2 Å². The summed E-state index contributed by atoms with van der Waals surface area (Å²) in [6, 6.07) is 9.36. The fraction of sp³-hybridized carbons (Fsp3) is 0.286. The van der Waals surface area contributed by atoms with Crippen LogP contribution in [-0.2, 0) is 16.1 Å². The number of thiazole rings is 1. The number of benzene rings is 1. The van der Waals surface area contributed by atoms with E-state index in [1.54, 1.807) is 24.3 Å². The van der Waals surface area contributed by atoms with Crippen LogP contribution in [0.1, 0.15) is 33.7 Å². The largest absolute Gasteiger partial charge is 0.462 e. The van der Waals surface area contributed by atoms with Gasteiger partial charge < -0.3 is 14.6 Å². The van der Waals surface area contributed by atoms with Gasteiger partial charge in [0.25, 0.3) is 0 Å². The van der Waals surface area contributed by atoms with Gasteiger partial charge in [0, 0.05) is 28.0 Å². The second-order valence-electron chi connectivity index (χ2n) is 6.47. The zero-order chi connectivity index (χ0) is 20.3. The summed E-state index contributed by atoms with van der Waals surface area (Å²) in [5, 5.41) is 5.93. The Morgan fingerprint density at radius 3 is 2.50 bits per heavy atom. The van der Waals surface area contributed by atoms with E-state index in [0.717, 1.165) is 27.7 Å². The summed E-state index contributed by atoms with van der Waals surface area (Å²) in [5.41, 5.74) is 4.72. The number of rotatable bonds is 6. The molecular formula is C21H23N3O3S. The van der Waals surface area contributed by atoms with Crippen molar-refractivity contribution >= 4 is 28.9 Å². The van der Waals surface area contributed by atoms with Gasteiger partial charge >= 0.3 is 5.97 Å². The third-order valence-electron chi connectivity index (χ3n) is 4.45. The lowest BCUT2D eigenvalue weighted by molar-refractivity contribution is -0.116. The standard InChI is InChI=1S/C21H23N3O3S/c1-5-27-21(26)18-10-13(2)24(14(18)3)11-20(25)23-17-8-6-16(7-9-17)19-12-28-15(4)22-19/h6-10,12H,5,11H2,1-4H3,(H,23,25). The van der Waals surface area contributed by atoms with Gasteiger partial charge in [0.05, 0.1) is 22.9 Å². The van der Waals surface area contributed by atoms with Crippen molar-refractivity contribution in [1.29, 1.82) is 0 Å². The van der Waals surface area contributed by atoms with E-state index in [4.69, 9.17) is 4.74 Å². The van der Waals surface area contributed by atoms with Crippen molar-refractivity contribution in [1.82, 2.24) is 9.55 Å². The van der Waals surface area contributed by atoms with Crippen molar-refractivity contribution in [3.05, 3.63) is 57.7 Å². The number of ether oxygens (including phenoxy) is 1. The zero-order valence-corrected chi connectivity index (χ0v) is 17.2. The van der Waals surface area contributed by atoms with Crippen LogP contribution in [0.25, 0.3) is 11.3 Å². The van der Waals surface area contributed by atoms with Gasteiger partial charge in [0.2, 0.25) is 5.91 Å². The number of anilines is 1. The molecule has 0 aliphatic carbocycles. The van der Waals surface area contributed by atoms with Crippen LogP contribution in [0, 0.1) is 20.8 Å². The summed E-state index contributed by atoms with van der Waals surface area (Å²) in [7, 11) is 0. The number of carbonyl (C=O) groups is 2. The predicted octanol–water partition coefficient (Wildman–Crippen LogP) is 4.35. The van der Waals surface area contributed by atoms with E-state index >= 15 is 0 Å². The second kappa shape index (κ2) is 8.39. The summed E-state index contributed by atoms with van der Waals surface area (Å²) in [6.07, 6.45) is 0. The maximum absolute atomic E-state index is 12.5. The average molecular weight is 398 g/mol. The van der Waals surface area contributed by atoms with Crippen LogP contribution in [0.15, 0.2) is 35.7 Å². The Hall–Kier alpha value is -2.93. The Bertz CT molecular complexity index is 1000. The minimum atomic E-state index is -0.366. The highest BCUT2D eigenvalue weighted by Crippen LogP contribution is 2.23. The Labute approximate surface area is 168 Å². The van der Waals surface area contributed by atoms with E-state index in [2.05, 4.69) is 10.3 Å². The number of esters is 1. The summed E-state index contributed by atoms with van der Waals surface area (Å²) in [5.74, 6) is -0.524. The molecule has 1 amide bonds. The Kier molecular flexibility index (Phi) is 5.94. The minimum Gasteiger partial charge on any atom is -0.462 e. The minimum absolute atomic E-state index is 0.129. The van der Waals surface area contributed by atoms with Crippen LogP contribution in [0.2, 0.25) is 0 Å². The molecule has 146 valence electrons. The number of nitrogens with zero attached hydrogens (tertiary/aromatic N) is 2. The lowest BCUT2D eigenvalue weighted by Crippen LogP contribution is -2.20. The van der Waals surface area contributed by atoms with Gasteiger partial charge in [-0.3, -0.25) is 4.79 Å². The van der Waals surface area contributed by atoms with E-state index < -0.39 is 0 Å². The van der Waals surface area contributed by atoms with Gasteiger partial charge in [-0.25, -0.2) is 9.78 Å². The number of carbonyl (C=O) groups excluding carboxylic acids is 2. The lowest BCUT2D eigenvalue weighted by Gasteiger charge is -2.11. The monoisotopic (exact) mass is 397 g/mol. The van der Waals surface area contributed by atoms with Crippen LogP contribution in [0.3, 0.4) is 0 Å². The molecule has 2 aromatic heterocycles. The van der Waals surface area contributed by atoms with Crippen molar-refractivity contribution in [3.63, 3.8) is 0 Å². The van der Waals surface area contributed by atoms with Crippen molar-refractivity contribution in [2.24, 2.45) is 0 Å². The molecule has 0 unspecified atom stereocenters. The molecule has 0 aliphatic rings. The highest BCUT2D eigenvalue weighted by molar-refractivity contribution is 7.09. The first kappa shape index (κ1) is 19.8. The summed E-state index contributed by atoms with van der Waals surface area (Å²) < 4.78 is 6.88. The van der Waals surface area contributed by atoms with Crippen molar-refractivity contribution < 1.29 is 14.3 Å². The molecule has 0 bridgehead atoms. The number of aromatic nitrogens is 2. The number of nitrogens with one attached hydrogen (secondary N) is 1. The number of hydrogen-bond donors (Lipinski definition) is 1. The molecule has 1 aromatic carbocycles. The molecule has 0 saturated heterocycles. The Balaban J connectivity index is 1.68. The first-order chi connectivity index (χ1) is 13.4. The SMILES string of the molecule is CCOC(=O)c1cc(C)n(CC(=O)Nc2ccc(-c3csc(C)n3)cc2)c1C. The molecule has 28 heavy (non-hydrogen) atoms. The van der Waals surface area contributed by atoms with E-state index in [-0.39, 0.29) is 18.4 Å². The molecule has 3 aromatic rings. The van der Waals surface area contributed by atoms with Crippen LogP contribution in [0.4, 0.5) is 5.69 Å². The molecule has 7 heteroatoms. The molecule has 6 nitrogen and oxygen atoms in total. The number of amides is 1. The molecule has 3 rings (SSSR count). The van der Waals surface area contributed by atoms with Crippen LogP contribution < -0.4 is 5.32 Å². The molecule has 0 atom stereocenters. The van der Waals surface area contributed by atoms with Gasteiger partial charge in [-0.05, 0) is 45.9 Å². The third kappa shape index (κ3) is 4.31. The number of hydrogen-bond acceptors (Lipinski definition) is 5. The fourth-order valence-corrected chi connectivity index (χ4v) is 3.65. The molecule has 0 spiro atoms. The van der Waals surface area contributed by atoms with Gasteiger partial charge in [-0.15, -0.1) is 11.3 Å². The first-order valence-electron chi connectivity index (χ1n) is 9.05. The predicted molar refractivity (Wildman–Crippen MR) is 111 cm³/mol. The van der Waals surface area contributed by atoms with E-state index in [1.807, 2.05) is 55.0 Å². The first-order valence-corrected chi connectivity index (χ1v) is 9.93. The normalized spacial score (nSPS) is 10.7. The quantitative estimate of drug-likeness (QED) is 0.628. The van der Waals surface area contributed by atoms with E-state index in [0.29, 0.717) is 17.9 Å².